The second kappa shape index (κ2) is 7.20. The van der Waals surface area contributed by atoms with Crippen LogP contribution in [-0.4, -0.2) is 38.7 Å². The molecular weight excluding hydrogens is 284 g/mol. The van der Waals surface area contributed by atoms with Gasteiger partial charge in [0.25, 0.3) is 0 Å². The van der Waals surface area contributed by atoms with E-state index in [4.69, 9.17) is 12.2 Å². The van der Waals surface area contributed by atoms with E-state index in [0.717, 1.165) is 44.6 Å². The average molecular weight is 310 g/mol. The van der Waals surface area contributed by atoms with Gasteiger partial charge in [-0.15, -0.1) is 0 Å². The average Bonchev–Trinajstić information content (AvgIpc) is 2.79. The molecule has 0 aliphatic carbocycles. The van der Waals surface area contributed by atoms with Gasteiger partial charge in [0.05, 0.1) is 0 Å². The highest BCUT2D eigenvalue weighted by atomic mass is 32.1. The number of nitrogens with zero attached hydrogens (tertiary/aromatic N) is 3. The van der Waals surface area contributed by atoms with Crippen molar-refractivity contribution in [1.82, 2.24) is 19.7 Å². The number of carbonyl (C=O) groups excluding carboxylic acids is 1. The van der Waals surface area contributed by atoms with Crippen LogP contribution in [0.5, 0.6) is 0 Å². The molecule has 2 rings (SSSR count). The number of H-pyrrole nitrogens is 1. The standard InChI is InChI=1S/C15H26N4OS/c1-4-6-11(2)9-13(20)19-8-5-7-12(10-19)14-16-17-15(21)18(14)3/h11-12H,4-10H2,1-3H3,(H,17,21). The Morgan fingerprint density at radius 3 is 2.95 bits per heavy atom. The van der Waals surface area contributed by atoms with Gasteiger partial charge in [-0.05, 0) is 31.0 Å². The van der Waals surface area contributed by atoms with Gasteiger partial charge in [-0.1, -0.05) is 26.7 Å². The smallest absolute Gasteiger partial charge is 0.222 e. The normalized spacial score (nSPS) is 20.5. The molecule has 1 aliphatic rings. The van der Waals surface area contributed by atoms with Gasteiger partial charge >= 0.3 is 0 Å². The maximum Gasteiger partial charge on any atom is 0.222 e. The highest BCUT2D eigenvalue weighted by Crippen LogP contribution is 2.26. The van der Waals surface area contributed by atoms with Crippen LogP contribution in [0.2, 0.25) is 0 Å². The fourth-order valence-corrected chi connectivity index (χ4v) is 3.30. The maximum atomic E-state index is 12.4. The molecule has 1 amide bonds. The summed E-state index contributed by atoms with van der Waals surface area (Å²) < 4.78 is 2.57. The third kappa shape index (κ3) is 3.93. The summed E-state index contributed by atoms with van der Waals surface area (Å²) in [5.74, 6) is 2.03. The quantitative estimate of drug-likeness (QED) is 0.851. The predicted molar refractivity (Wildman–Crippen MR) is 85.6 cm³/mol. The molecule has 0 radical (unpaired) electrons. The van der Waals surface area contributed by atoms with Crippen LogP contribution >= 0.6 is 12.2 Å². The van der Waals surface area contributed by atoms with Crippen LogP contribution < -0.4 is 0 Å². The zero-order chi connectivity index (χ0) is 15.4. The van der Waals surface area contributed by atoms with Gasteiger partial charge in [-0.3, -0.25) is 9.89 Å². The third-order valence-electron chi connectivity index (χ3n) is 4.36. The summed E-state index contributed by atoms with van der Waals surface area (Å²) in [6.07, 6.45) is 5.04. The van der Waals surface area contributed by atoms with Crippen LogP contribution in [0.15, 0.2) is 0 Å². The molecule has 1 saturated heterocycles. The molecule has 0 saturated carbocycles. The molecule has 1 N–H and O–H groups in total. The van der Waals surface area contributed by atoms with Crippen LogP contribution in [-0.2, 0) is 11.8 Å². The van der Waals surface area contributed by atoms with E-state index >= 15 is 0 Å². The SMILES string of the molecule is CCCC(C)CC(=O)N1CCCC(c2n[nH]c(=S)n2C)C1. The highest BCUT2D eigenvalue weighted by Gasteiger charge is 2.27. The predicted octanol–water partition coefficient (Wildman–Crippen LogP) is 3.01. The molecular formula is C15H26N4OS. The van der Waals surface area contributed by atoms with E-state index in [2.05, 4.69) is 24.0 Å². The number of piperidine rings is 1. The number of nitrogens with one attached hydrogen (secondary N) is 1. The van der Waals surface area contributed by atoms with Gasteiger partial charge < -0.3 is 9.47 Å². The number of hydrogen-bond acceptors (Lipinski definition) is 3. The monoisotopic (exact) mass is 310 g/mol. The van der Waals surface area contributed by atoms with Gasteiger partial charge in [0, 0.05) is 32.5 Å². The summed E-state index contributed by atoms with van der Waals surface area (Å²) in [5.41, 5.74) is 0. The van der Waals surface area contributed by atoms with E-state index in [-0.39, 0.29) is 5.91 Å². The molecule has 1 aromatic rings. The van der Waals surface area contributed by atoms with Crippen molar-refractivity contribution in [2.45, 2.75) is 51.9 Å². The molecule has 1 aliphatic heterocycles. The van der Waals surface area contributed by atoms with Crippen LogP contribution in [0.4, 0.5) is 0 Å². The van der Waals surface area contributed by atoms with Gasteiger partial charge in [0.1, 0.15) is 5.82 Å². The van der Waals surface area contributed by atoms with Crippen molar-refractivity contribution in [1.29, 1.82) is 0 Å². The van der Waals surface area contributed by atoms with Crippen LogP contribution in [0.25, 0.3) is 0 Å². The molecule has 2 unspecified atom stereocenters. The molecule has 0 bridgehead atoms. The van der Waals surface area contributed by atoms with E-state index in [1.54, 1.807) is 0 Å². The topological polar surface area (TPSA) is 53.9 Å². The minimum Gasteiger partial charge on any atom is -0.342 e. The van der Waals surface area contributed by atoms with Gasteiger partial charge in [-0.2, -0.15) is 5.10 Å². The fourth-order valence-electron chi connectivity index (χ4n) is 3.16. The summed E-state index contributed by atoms with van der Waals surface area (Å²) in [6.45, 7) is 5.98. The Bertz CT molecular complexity index is 536. The first-order chi connectivity index (χ1) is 10.0. The summed E-state index contributed by atoms with van der Waals surface area (Å²) >= 11 is 5.17. The number of aromatic nitrogens is 3. The molecule has 6 heteroatoms. The van der Waals surface area contributed by atoms with Gasteiger partial charge in [0.2, 0.25) is 5.91 Å². The van der Waals surface area contributed by atoms with Gasteiger partial charge in [-0.25, -0.2) is 0 Å². The molecule has 118 valence electrons. The van der Waals surface area contributed by atoms with E-state index in [0.29, 0.717) is 23.0 Å². The first-order valence-electron chi connectivity index (χ1n) is 7.92. The minimum atomic E-state index is 0.289. The molecule has 0 aromatic carbocycles. The molecule has 5 nitrogen and oxygen atoms in total. The molecule has 0 spiro atoms. The number of likely N-dealkylation sites (tertiary alicyclic amines) is 1. The second-order valence-electron chi connectivity index (χ2n) is 6.22. The summed E-state index contributed by atoms with van der Waals surface area (Å²) in [6, 6.07) is 0. The number of amides is 1. The third-order valence-corrected chi connectivity index (χ3v) is 4.72. The lowest BCUT2D eigenvalue weighted by Crippen LogP contribution is -2.40. The van der Waals surface area contributed by atoms with Crippen molar-refractivity contribution in [2.75, 3.05) is 13.1 Å². The molecule has 21 heavy (non-hydrogen) atoms. The zero-order valence-electron chi connectivity index (χ0n) is 13.3. The molecule has 1 aromatic heterocycles. The number of hydrogen-bond donors (Lipinski definition) is 1. The van der Waals surface area contributed by atoms with Crippen LogP contribution in [0, 0.1) is 10.7 Å². The van der Waals surface area contributed by atoms with Crippen molar-refractivity contribution in [3.05, 3.63) is 10.6 Å². The zero-order valence-corrected chi connectivity index (χ0v) is 14.1. The Kier molecular flexibility index (Phi) is 5.56. The number of aromatic amines is 1. The maximum absolute atomic E-state index is 12.4. The fraction of sp³-hybridized carbons (Fsp3) is 0.800. The lowest BCUT2D eigenvalue weighted by atomic mass is 9.95. The lowest BCUT2D eigenvalue weighted by Gasteiger charge is -2.33. The first kappa shape index (κ1) is 16.2. The minimum absolute atomic E-state index is 0.289. The largest absolute Gasteiger partial charge is 0.342 e. The van der Waals surface area contributed by atoms with Crippen LogP contribution in [0.3, 0.4) is 0 Å². The van der Waals surface area contributed by atoms with Crippen molar-refractivity contribution in [3.63, 3.8) is 0 Å². The number of rotatable bonds is 5. The Morgan fingerprint density at radius 1 is 1.57 bits per heavy atom. The summed E-state index contributed by atoms with van der Waals surface area (Å²) in [5, 5.41) is 7.17. The van der Waals surface area contributed by atoms with Crippen molar-refractivity contribution in [2.24, 2.45) is 13.0 Å². The first-order valence-corrected chi connectivity index (χ1v) is 8.32. The van der Waals surface area contributed by atoms with Crippen molar-refractivity contribution in [3.8, 4) is 0 Å². The van der Waals surface area contributed by atoms with Crippen molar-refractivity contribution < 1.29 is 4.79 Å². The highest BCUT2D eigenvalue weighted by molar-refractivity contribution is 7.71. The Balaban J connectivity index is 1.99. The second-order valence-corrected chi connectivity index (χ2v) is 6.61. The Hall–Kier alpha value is -1.17. The molecule has 2 atom stereocenters. The van der Waals surface area contributed by atoms with E-state index in [1.165, 1.54) is 0 Å². The Labute approximate surface area is 131 Å². The van der Waals surface area contributed by atoms with Crippen LogP contribution in [0.1, 0.15) is 57.7 Å². The van der Waals surface area contributed by atoms with Crippen molar-refractivity contribution >= 4 is 18.1 Å². The van der Waals surface area contributed by atoms with E-state index < -0.39 is 0 Å². The Morgan fingerprint density at radius 2 is 2.33 bits per heavy atom. The van der Waals surface area contributed by atoms with Gasteiger partial charge in [0.15, 0.2) is 4.77 Å². The number of carbonyl (C=O) groups is 1. The lowest BCUT2D eigenvalue weighted by molar-refractivity contribution is -0.133. The molecule has 1 fully saturated rings. The summed E-state index contributed by atoms with van der Waals surface area (Å²) in [4.78, 5) is 14.4. The summed E-state index contributed by atoms with van der Waals surface area (Å²) in [7, 11) is 1.94. The van der Waals surface area contributed by atoms with E-state index in [1.807, 2.05) is 16.5 Å². The molecule has 2 heterocycles. The van der Waals surface area contributed by atoms with E-state index in [9.17, 15) is 4.79 Å².